The smallest absolute Gasteiger partial charge is 0.0114 e. The first-order chi connectivity index (χ1) is 8.05. The molecule has 0 spiro atoms. The Bertz CT molecular complexity index is 473. The molecule has 0 radical (unpaired) electrons. The molecule has 0 saturated carbocycles. The Morgan fingerprint density at radius 3 is 2.65 bits per heavy atom. The zero-order valence-corrected chi connectivity index (χ0v) is 11.4. The van der Waals surface area contributed by atoms with Crippen LogP contribution in [0.2, 0.25) is 0 Å². The van der Waals surface area contributed by atoms with Gasteiger partial charge in [-0.25, -0.2) is 0 Å². The largest absolute Gasteiger partial charge is 0.0819 e. The van der Waals surface area contributed by atoms with E-state index in [2.05, 4.69) is 64.1 Å². The molecule has 0 heterocycles. The first-order valence-electron chi connectivity index (χ1n) is 6.52. The predicted octanol–water partition coefficient (Wildman–Crippen LogP) is 4.80. The molecule has 0 amide bonds. The SMILES string of the molecule is CC/C=C(C)\C=C1/Cc2ccccc2C1(C)C. The summed E-state index contributed by atoms with van der Waals surface area (Å²) in [6, 6.07) is 8.83. The third-order valence-electron chi connectivity index (χ3n) is 3.80. The standard InChI is InChI=1S/C17H22/c1-5-8-13(2)11-15-12-14-9-6-7-10-16(14)17(15,3)4/h6-11H,5,12H2,1-4H3/b13-8-,15-11+. The molecule has 0 N–H and O–H groups in total. The zero-order chi connectivity index (χ0) is 12.5. The van der Waals surface area contributed by atoms with Crippen LogP contribution in [-0.2, 0) is 11.8 Å². The molecule has 0 saturated heterocycles. The van der Waals surface area contributed by atoms with E-state index >= 15 is 0 Å². The van der Waals surface area contributed by atoms with Crippen LogP contribution in [0.1, 0.15) is 45.2 Å². The Balaban J connectivity index is 2.40. The lowest BCUT2D eigenvalue weighted by molar-refractivity contribution is 0.643. The first-order valence-corrected chi connectivity index (χ1v) is 6.52. The molecule has 0 aliphatic heterocycles. The highest BCUT2D eigenvalue weighted by atomic mass is 14.4. The van der Waals surface area contributed by atoms with Gasteiger partial charge in [-0.1, -0.05) is 68.3 Å². The van der Waals surface area contributed by atoms with Gasteiger partial charge in [-0.15, -0.1) is 0 Å². The highest BCUT2D eigenvalue weighted by molar-refractivity contribution is 5.51. The third kappa shape index (κ3) is 2.22. The fourth-order valence-electron chi connectivity index (χ4n) is 2.77. The van der Waals surface area contributed by atoms with Gasteiger partial charge in [0.25, 0.3) is 0 Å². The second-order valence-electron chi connectivity index (χ2n) is 5.48. The summed E-state index contributed by atoms with van der Waals surface area (Å²) >= 11 is 0. The van der Waals surface area contributed by atoms with Crippen molar-refractivity contribution in [3.05, 3.63) is 58.7 Å². The summed E-state index contributed by atoms with van der Waals surface area (Å²) in [5, 5.41) is 0. The highest BCUT2D eigenvalue weighted by Gasteiger charge is 2.33. The van der Waals surface area contributed by atoms with Crippen LogP contribution in [0.3, 0.4) is 0 Å². The Hall–Kier alpha value is -1.30. The Morgan fingerprint density at radius 1 is 1.29 bits per heavy atom. The molecule has 0 nitrogen and oxygen atoms in total. The van der Waals surface area contributed by atoms with Crippen LogP contribution >= 0.6 is 0 Å². The van der Waals surface area contributed by atoms with Crippen molar-refractivity contribution in [3.8, 4) is 0 Å². The van der Waals surface area contributed by atoms with E-state index < -0.39 is 0 Å². The molecule has 0 bridgehead atoms. The molecule has 1 aliphatic rings. The van der Waals surface area contributed by atoms with Crippen LogP contribution in [0, 0.1) is 0 Å². The third-order valence-corrected chi connectivity index (χ3v) is 3.80. The quantitative estimate of drug-likeness (QED) is 0.679. The van der Waals surface area contributed by atoms with Gasteiger partial charge in [-0.05, 0) is 30.9 Å². The molecule has 17 heavy (non-hydrogen) atoms. The van der Waals surface area contributed by atoms with Gasteiger partial charge in [0, 0.05) is 5.41 Å². The highest BCUT2D eigenvalue weighted by Crippen LogP contribution is 2.42. The van der Waals surface area contributed by atoms with Crippen LogP contribution in [0.4, 0.5) is 0 Å². The van der Waals surface area contributed by atoms with Crippen molar-refractivity contribution in [3.63, 3.8) is 0 Å². The van der Waals surface area contributed by atoms with Crippen molar-refractivity contribution < 1.29 is 0 Å². The first kappa shape index (κ1) is 12.2. The molecular formula is C17H22. The van der Waals surface area contributed by atoms with Gasteiger partial charge in [0.15, 0.2) is 0 Å². The van der Waals surface area contributed by atoms with Crippen LogP contribution < -0.4 is 0 Å². The Kier molecular flexibility index (Phi) is 3.24. The van der Waals surface area contributed by atoms with Crippen LogP contribution in [-0.4, -0.2) is 0 Å². The predicted molar refractivity (Wildman–Crippen MR) is 75.3 cm³/mol. The molecule has 1 aliphatic carbocycles. The van der Waals surface area contributed by atoms with E-state index in [9.17, 15) is 0 Å². The van der Waals surface area contributed by atoms with Crippen LogP contribution in [0.15, 0.2) is 47.6 Å². The summed E-state index contributed by atoms with van der Waals surface area (Å²) < 4.78 is 0. The van der Waals surface area contributed by atoms with Crippen molar-refractivity contribution >= 4 is 0 Å². The number of hydrogen-bond acceptors (Lipinski definition) is 0. The minimum absolute atomic E-state index is 0.194. The Morgan fingerprint density at radius 2 is 2.00 bits per heavy atom. The minimum atomic E-state index is 0.194. The normalized spacial score (nSPS) is 20.7. The summed E-state index contributed by atoms with van der Waals surface area (Å²) in [6.45, 7) is 9.07. The van der Waals surface area contributed by atoms with Gasteiger partial charge in [0.05, 0.1) is 0 Å². The molecule has 90 valence electrons. The van der Waals surface area contributed by atoms with Crippen molar-refractivity contribution in [2.24, 2.45) is 0 Å². The zero-order valence-electron chi connectivity index (χ0n) is 11.4. The molecule has 2 rings (SSSR count). The van der Waals surface area contributed by atoms with E-state index in [1.807, 2.05) is 0 Å². The monoisotopic (exact) mass is 226 g/mol. The van der Waals surface area contributed by atoms with E-state index in [0.717, 1.165) is 12.8 Å². The number of allylic oxidation sites excluding steroid dienone is 4. The van der Waals surface area contributed by atoms with Crippen molar-refractivity contribution in [2.75, 3.05) is 0 Å². The van der Waals surface area contributed by atoms with Crippen LogP contribution in [0.5, 0.6) is 0 Å². The van der Waals surface area contributed by atoms with E-state index in [1.54, 1.807) is 5.57 Å². The summed E-state index contributed by atoms with van der Waals surface area (Å²) in [5.41, 5.74) is 6.12. The maximum atomic E-state index is 2.38. The summed E-state index contributed by atoms with van der Waals surface area (Å²) in [5.74, 6) is 0. The van der Waals surface area contributed by atoms with Crippen LogP contribution in [0.25, 0.3) is 0 Å². The fourth-order valence-corrected chi connectivity index (χ4v) is 2.77. The molecule has 0 aromatic heterocycles. The van der Waals surface area contributed by atoms with E-state index in [-0.39, 0.29) is 5.41 Å². The second kappa shape index (κ2) is 4.52. The Labute approximate surface area is 105 Å². The number of fused-ring (bicyclic) bond motifs is 1. The molecular weight excluding hydrogens is 204 g/mol. The minimum Gasteiger partial charge on any atom is -0.0819 e. The summed E-state index contributed by atoms with van der Waals surface area (Å²) in [4.78, 5) is 0. The molecule has 0 fully saturated rings. The lowest BCUT2D eigenvalue weighted by Gasteiger charge is -2.22. The van der Waals surface area contributed by atoms with Gasteiger partial charge in [-0.2, -0.15) is 0 Å². The average molecular weight is 226 g/mol. The summed E-state index contributed by atoms with van der Waals surface area (Å²) in [7, 11) is 0. The van der Waals surface area contributed by atoms with Crippen molar-refractivity contribution in [2.45, 2.75) is 46.0 Å². The van der Waals surface area contributed by atoms with Gasteiger partial charge in [-0.3, -0.25) is 0 Å². The summed E-state index contributed by atoms with van der Waals surface area (Å²) in [6.07, 6.45) is 6.90. The van der Waals surface area contributed by atoms with E-state index in [1.165, 1.54) is 16.7 Å². The van der Waals surface area contributed by atoms with E-state index in [4.69, 9.17) is 0 Å². The topological polar surface area (TPSA) is 0 Å². The van der Waals surface area contributed by atoms with Gasteiger partial charge >= 0.3 is 0 Å². The molecule has 0 atom stereocenters. The molecule has 1 aromatic carbocycles. The van der Waals surface area contributed by atoms with Gasteiger partial charge < -0.3 is 0 Å². The molecule has 0 heteroatoms. The number of benzene rings is 1. The van der Waals surface area contributed by atoms with Gasteiger partial charge in [0.1, 0.15) is 0 Å². The van der Waals surface area contributed by atoms with E-state index in [0.29, 0.717) is 0 Å². The average Bonchev–Trinajstić information content (AvgIpc) is 2.52. The molecule has 0 unspecified atom stereocenters. The maximum absolute atomic E-state index is 2.38. The second-order valence-corrected chi connectivity index (χ2v) is 5.48. The lowest BCUT2D eigenvalue weighted by Crippen LogP contribution is -2.15. The number of hydrogen-bond donors (Lipinski definition) is 0. The lowest BCUT2D eigenvalue weighted by atomic mass is 9.82. The van der Waals surface area contributed by atoms with Crippen molar-refractivity contribution in [1.29, 1.82) is 0 Å². The molecule has 1 aromatic rings. The number of rotatable bonds is 2. The van der Waals surface area contributed by atoms with Gasteiger partial charge in [0.2, 0.25) is 0 Å². The fraction of sp³-hybridized carbons (Fsp3) is 0.412. The maximum Gasteiger partial charge on any atom is 0.0114 e. The van der Waals surface area contributed by atoms with Crippen molar-refractivity contribution in [1.82, 2.24) is 0 Å².